The maximum Gasteiger partial charge on any atom is 0.310 e. The summed E-state index contributed by atoms with van der Waals surface area (Å²) < 4.78 is 10.3. The van der Waals surface area contributed by atoms with Crippen molar-refractivity contribution in [3.05, 3.63) is 82.4 Å². The zero-order valence-corrected chi connectivity index (χ0v) is 25.7. The molecule has 212 valence electrons. The summed E-state index contributed by atoms with van der Waals surface area (Å²) in [6.07, 6.45) is 6.79. The van der Waals surface area contributed by atoms with Crippen molar-refractivity contribution in [1.82, 2.24) is 19.3 Å². The molecule has 1 aliphatic rings. The number of pyridine rings is 1. The summed E-state index contributed by atoms with van der Waals surface area (Å²) in [6.45, 7) is 15.4. The highest BCUT2D eigenvalue weighted by Gasteiger charge is 2.29. The first-order valence-electron chi connectivity index (χ1n) is 13.9. The molecule has 4 heterocycles. The van der Waals surface area contributed by atoms with Gasteiger partial charge >= 0.3 is 4.87 Å². The largest absolute Gasteiger partial charge is 0.386 e. The van der Waals surface area contributed by atoms with Crippen LogP contribution in [-0.4, -0.2) is 57.8 Å². The Balaban J connectivity index is 1.25. The van der Waals surface area contributed by atoms with Crippen LogP contribution in [0.4, 0.5) is 5.69 Å². The summed E-state index contributed by atoms with van der Waals surface area (Å²) in [4.78, 5) is 19.6. The van der Waals surface area contributed by atoms with E-state index in [1.807, 2.05) is 30.6 Å². The summed E-state index contributed by atoms with van der Waals surface area (Å²) in [5.74, 6) is 0.808. The molecule has 1 fully saturated rings. The highest BCUT2D eigenvalue weighted by atomic mass is 32.1. The SMILES string of the molecule is C=CC1(O)CCN(c2ccc(-n3ccc(C(C)c4ccc5c(c4)sc(=O)n5COCC[Si](C)(C)C)n3)nc2)CC1. The van der Waals surface area contributed by atoms with Crippen molar-refractivity contribution in [1.29, 1.82) is 0 Å². The summed E-state index contributed by atoms with van der Waals surface area (Å²) in [5, 5.41) is 15.2. The molecule has 1 atom stereocenters. The quantitative estimate of drug-likeness (QED) is 0.150. The first-order chi connectivity index (χ1) is 19.0. The molecule has 3 aromatic heterocycles. The third-order valence-electron chi connectivity index (χ3n) is 7.80. The highest BCUT2D eigenvalue weighted by Crippen LogP contribution is 2.29. The third-order valence-corrected chi connectivity index (χ3v) is 10.4. The topological polar surface area (TPSA) is 85.4 Å². The van der Waals surface area contributed by atoms with Gasteiger partial charge < -0.3 is 14.7 Å². The maximum atomic E-state index is 12.7. The predicted molar refractivity (Wildman–Crippen MR) is 166 cm³/mol. The molecule has 8 nitrogen and oxygen atoms in total. The van der Waals surface area contributed by atoms with Gasteiger partial charge in [-0.3, -0.25) is 9.36 Å². The molecule has 0 spiro atoms. The molecule has 1 N–H and O–H groups in total. The van der Waals surface area contributed by atoms with Crippen molar-refractivity contribution in [3.8, 4) is 5.82 Å². The van der Waals surface area contributed by atoms with Gasteiger partial charge in [0.25, 0.3) is 0 Å². The number of thiazole rings is 1. The van der Waals surface area contributed by atoms with Crippen LogP contribution in [0.3, 0.4) is 0 Å². The zero-order valence-electron chi connectivity index (χ0n) is 23.8. The predicted octanol–water partition coefficient (Wildman–Crippen LogP) is 5.63. The van der Waals surface area contributed by atoms with Gasteiger partial charge in [-0.05, 0) is 54.8 Å². The molecule has 0 amide bonds. The standard InChI is InChI=1S/C30H39N5O3SSi/c1-6-30(37)12-15-33(16-13-30)24-8-10-28(31-20-24)35-14-11-25(32-35)22(2)23-7-9-26-27(19-23)39-29(36)34(26)21-38-17-18-40(3,4)5/h6-11,14,19-20,22,37H,1,12-13,15-18,21H2,2-5H3. The Morgan fingerprint density at radius 3 is 2.65 bits per heavy atom. The number of hydrogen-bond donors (Lipinski definition) is 1. The Kier molecular flexibility index (Phi) is 8.14. The molecule has 1 aromatic carbocycles. The monoisotopic (exact) mass is 577 g/mol. The first kappa shape index (κ1) is 28.5. The van der Waals surface area contributed by atoms with E-state index >= 15 is 0 Å². The van der Waals surface area contributed by atoms with E-state index in [9.17, 15) is 9.90 Å². The number of ether oxygens (including phenoxy) is 1. The molecular formula is C30H39N5O3SSi. The van der Waals surface area contributed by atoms with E-state index in [-0.39, 0.29) is 10.8 Å². The minimum Gasteiger partial charge on any atom is -0.386 e. The normalized spacial score (nSPS) is 16.4. The Bertz CT molecular complexity index is 1530. The second kappa shape index (κ2) is 11.4. The number of fused-ring (bicyclic) bond motifs is 1. The lowest BCUT2D eigenvalue weighted by molar-refractivity contribution is 0.0650. The van der Waals surface area contributed by atoms with Gasteiger partial charge in [0.2, 0.25) is 0 Å². The molecule has 0 radical (unpaired) electrons. The molecule has 1 aliphatic heterocycles. The number of benzene rings is 1. The molecule has 10 heteroatoms. The van der Waals surface area contributed by atoms with Crippen molar-refractivity contribution < 1.29 is 9.84 Å². The summed E-state index contributed by atoms with van der Waals surface area (Å²) in [7, 11) is -1.17. The molecule has 0 bridgehead atoms. The van der Waals surface area contributed by atoms with E-state index in [4.69, 9.17) is 9.84 Å². The number of nitrogens with zero attached hydrogens (tertiary/aromatic N) is 5. The number of aromatic nitrogens is 4. The Hall–Kier alpha value is -3.05. The van der Waals surface area contributed by atoms with Gasteiger partial charge in [0.1, 0.15) is 6.73 Å². The van der Waals surface area contributed by atoms with Crippen LogP contribution in [0, 0.1) is 0 Å². The Morgan fingerprint density at radius 2 is 1.98 bits per heavy atom. The van der Waals surface area contributed by atoms with Crippen molar-refractivity contribution in [3.63, 3.8) is 0 Å². The number of piperidine rings is 1. The zero-order chi connectivity index (χ0) is 28.5. The second-order valence-corrected chi connectivity index (χ2v) is 18.6. The lowest BCUT2D eigenvalue weighted by atomic mass is 9.91. The molecule has 0 aliphatic carbocycles. The smallest absolute Gasteiger partial charge is 0.310 e. The molecule has 1 unspecified atom stereocenters. The number of rotatable bonds is 10. The van der Waals surface area contributed by atoms with E-state index < -0.39 is 13.7 Å². The van der Waals surface area contributed by atoms with Gasteiger partial charge in [0.15, 0.2) is 5.82 Å². The van der Waals surface area contributed by atoms with Crippen LogP contribution in [0.25, 0.3) is 16.0 Å². The Labute approximate surface area is 240 Å². The van der Waals surface area contributed by atoms with Gasteiger partial charge in [-0.25, -0.2) is 9.67 Å². The van der Waals surface area contributed by atoms with E-state index in [0.29, 0.717) is 26.2 Å². The van der Waals surface area contributed by atoms with Gasteiger partial charge in [-0.15, -0.1) is 6.58 Å². The fraction of sp³-hybridized carbons (Fsp3) is 0.433. The molecular weight excluding hydrogens is 539 g/mol. The summed E-state index contributed by atoms with van der Waals surface area (Å²) in [5.41, 5.74) is 3.23. The van der Waals surface area contributed by atoms with Gasteiger partial charge in [0.05, 0.1) is 33.4 Å². The van der Waals surface area contributed by atoms with Crippen LogP contribution in [0.5, 0.6) is 0 Å². The minimum atomic E-state index is -1.17. The van der Waals surface area contributed by atoms with Crippen LogP contribution in [0.2, 0.25) is 25.7 Å². The Morgan fingerprint density at radius 1 is 1.20 bits per heavy atom. The van der Waals surface area contributed by atoms with Crippen LogP contribution in [0.15, 0.2) is 66.2 Å². The van der Waals surface area contributed by atoms with Gasteiger partial charge in [-0.2, -0.15) is 5.10 Å². The van der Waals surface area contributed by atoms with Crippen molar-refractivity contribution in [2.45, 2.75) is 63.7 Å². The third kappa shape index (κ3) is 6.30. The van der Waals surface area contributed by atoms with Crippen molar-refractivity contribution >= 4 is 35.3 Å². The molecule has 0 saturated carbocycles. The van der Waals surface area contributed by atoms with E-state index in [1.54, 1.807) is 15.3 Å². The molecule has 1 saturated heterocycles. The average molecular weight is 578 g/mol. The first-order valence-corrected chi connectivity index (χ1v) is 18.4. The van der Waals surface area contributed by atoms with E-state index in [0.717, 1.165) is 52.1 Å². The molecule has 4 aromatic rings. The van der Waals surface area contributed by atoms with Crippen LogP contribution in [-0.2, 0) is 11.5 Å². The van der Waals surface area contributed by atoms with Crippen molar-refractivity contribution in [2.75, 3.05) is 24.6 Å². The fourth-order valence-corrected chi connectivity index (χ4v) is 6.62. The van der Waals surface area contributed by atoms with Crippen molar-refractivity contribution in [2.24, 2.45) is 0 Å². The summed E-state index contributed by atoms with van der Waals surface area (Å²) in [6, 6.07) is 13.3. The average Bonchev–Trinajstić information content (AvgIpc) is 3.55. The fourth-order valence-electron chi connectivity index (χ4n) is 4.93. The van der Waals surface area contributed by atoms with Gasteiger partial charge in [0, 0.05) is 39.9 Å². The second-order valence-electron chi connectivity index (χ2n) is 11.9. The highest BCUT2D eigenvalue weighted by molar-refractivity contribution is 7.16. The number of hydrogen-bond acceptors (Lipinski definition) is 7. The van der Waals surface area contributed by atoms with E-state index in [2.05, 4.69) is 61.2 Å². The molecule has 40 heavy (non-hydrogen) atoms. The maximum absolute atomic E-state index is 12.7. The van der Waals surface area contributed by atoms with Crippen LogP contribution in [0.1, 0.15) is 36.9 Å². The lowest BCUT2D eigenvalue weighted by Crippen LogP contribution is -2.43. The minimum absolute atomic E-state index is 0.00699. The summed E-state index contributed by atoms with van der Waals surface area (Å²) >= 11 is 1.26. The lowest BCUT2D eigenvalue weighted by Gasteiger charge is -2.37. The van der Waals surface area contributed by atoms with Crippen LogP contribution < -0.4 is 9.77 Å². The van der Waals surface area contributed by atoms with Gasteiger partial charge in [-0.1, -0.05) is 50.0 Å². The number of aliphatic hydroxyl groups is 1. The van der Waals surface area contributed by atoms with E-state index in [1.165, 1.54) is 11.3 Å². The number of anilines is 1. The molecule has 5 rings (SSSR count). The van der Waals surface area contributed by atoms with Crippen LogP contribution >= 0.6 is 11.3 Å².